The Morgan fingerprint density at radius 2 is 2.20 bits per heavy atom. The van der Waals surface area contributed by atoms with Crippen LogP contribution in [0.15, 0.2) is 22.8 Å². The summed E-state index contributed by atoms with van der Waals surface area (Å²) in [5, 5.41) is 0. The first kappa shape index (κ1) is 10.4. The average Bonchev–Trinajstić information content (AvgIpc) is 2.76. The number of Topliss-reactive ketones (excluding diaryl/α,β-unsaturated/α-hetero) is 1. The highest BCUT2D eigenvalue weighted by molar-refractivity contribution is 5.81. The minimum Gasteiger partial charge on any atom is -0.469 e. The van der Waals surface area contributed by atoms with Crippen molar-refractivity contribution in [3.05, 3.63) is 24.2 Å². The van der Waals surface area contributed by atoms with Crippen molar-refractivity contribution in [2.24, 2.45) is 5.73 Å². The highest BCUT2D eigenvalue weighted by Gasteiger charge is 2.31. The zero-order chi connectivity index (χ0) is 10.7. The Labute approximate surface area is 89.6 Å². The molecule has 2 N–H and O–H groups in total. The van der Waals surface area contributed by atoms with Gasteiger partial charge in [0.1, 0.15) is 11.5 Å². The lowest BCUT2D eigenvalue weighted by molar-refractivity contribution is -0.119. The fourth-order valence-corrected chi connectivity index (χ4v) is 2.32. The van der Waals surface area contributed by atoms with Crippen LogP contribution in [0.4, 0.5) is 0 Å². The van der Waals surface area contributed by atoms with Gasteiger partial charge in [0.05, 0.1) is 12.7 Å². The smallest absolute Gasteiger partial charge is 0.142 e. The molecule has 3 heteroatoms. The molecule has 0 bridgehead atoms. The van der Waals surface area contributed by atoms with E-state index in [1.54, 1.807) is 12.3 Å². The second-order valence-electron chi connectivity index (χ2n) is 4.54. The van der Waals surface area contributed by atoms with Crippen molar-refractivity contribution in [2.45, 2.75) is 44.1 Å². The molecule has 2 rings (SSSR count). The summed E-state index contributed by atoms with van der Waals surface area (Å²) in [6.45, 7) is 0. The number of carbonyl (C=O) groups excluding carboxylic acids is 1. The van der Waals surface area contributed by atoms with Gasteiger partial charge in [-0.2, -0.15) is 0 Å². The minimum atomic E-state index is -0.232. The molecule has 1 aromatic heterocycles. The molecule has 0 spiro atoms. The molecule has 1 fully saturated rings. The van der Waals surface area contributed by atoms with Gasteiger partial charge in [0, 0.05) is 12.0 Å². The maximum absolute atomic E-state index is 11.7. The van der Waals surface area contributed by atoms with Gasteiger partial charge in [-0.15, -0.1) is 0 Å². The fourth-order valence-electron chi connectivity index (χ4n) is 2.32. The predicted octanol–water partition coefficient (Wildman–Crippen LogP) is 2.05. The van der Waals surface area contributed by atoms with Crippen LogP contribution in [0.3, 0.4) is 0 Å². The zero-order valence-electron chi connectivity index (χ0n) is 8.87. The van der Waals surface area contributed by atoms with Crippen LogP contribution in [0.2, 0.25) is 0 Å². The van der Waals surface area contributed by atoms with Gasteiger partial charge in [0.2, 0.25) is 0 Å². The molecule has 0 saturated heterocycles. The van der Waals surface area contributed by atoms with E-state index in [1.807, 2.05) is 6.07 Å². The number of hydrogen-bond donors (Lipinski definition) is 1. The van der Waals surface area contributed by atoms with Crippen LogP contribution in [0.25, 0.3) is 0 Å². The molecule has 1 heterocycles. The molecule has 0 aliphatic heterocycles. The molecule has 0 aromatic carbocycles. The third-order valence-electron chi connectivity index (χ3n) is 3.10. The predicted molar refractivity (Wildman–Crippen MR) is 57.4 cm³/mol. The number of carbonyl (C=O) groups is 1. The summed E-state index contributed by atoms with van der Waals surface area (Å²) in [5.74, 6) is 0.927. The summed E-state index contributed by atoms with van der Waals surface area (Å²) >= 11 is 0. The van der Waals surface area contributed by atoms with Crippen molar-refractivity contribution in [1.29, 1.82) is 0 Å². The summed E-state index contributed by atoms with van der Waals surface area (Å²) in [6, 6.07) is 3.63. The van der Waals surface area contributed by atoms with Gasteiger partial charge < -0.3 is 10.2 Å². The molecular weight excluding hydrogens is 190 g/mol. The SMILES string of the molecule is NC1(CC(=O)Cc2ccco2)CCCC1. The molecule has 0 atom stereocenters. The molecule has 82 valence electrons. The third kappa shape index (κ3) is 2.69. The topological polar surface area (TPSA) is 56.2 Å². The van der Waals surface area contributed by atoms with Gasteiger partial charge in [0.15, 0.2) is 0 Å². The first-order valence-corrected chi connectivity index (χ1v) is 5.51. The lowest BCUT2D eigenvalue weighted by atomic mass is 9.91. The molecule has 1 aliphatic rings. The van der Waals surface area contributed by atoms with Crippen LogP contribution in [0, 0.1) is 0 Å². The average molecular weight is 207 g/mol. The molecule has 0 unspecified atom stereocenters. The Bertz CT molecular complexity index is 323. The molecule has 0 amide bonds. The van der Waals surface area contributed by atoms with Crippen LogP contribution in [0.1, 0.15) is 37.9 Å². The van der Waals surface area contributed by atoms with E-state index in [0.29, 0.717) is 12.8 Å². The highest BCUT2D eigenvalue weighted by Crippen LogP contribution is 2.30. The molecule has 1 aliphatic carbocycles. The Morgan fingerprint density at radius 3 is 2.80 bits per heavy atom. The Hall–Kier alpha value is -1.09. The van der Waals surface area contributed by atoms with Crippen LogP contribution >= 0.6 is 0 Å². The van der Waals surface area contributed by atoms with Crippen LogP contribution in [0.5, 0.6) is 0 Å². The monoisotopic (exact) mass is 207 g/mol. The standard InChI is InChI=1S/C12H17NO2/c13-12(5-1-2-6-12)9-10(14)8-11-4-3-7-15-11/h3-4,7H,1-2,5-6,8-9,13H2. The van der Waals surface area contributed by atoms with Crippen molar-refractivity contribution in [1.82, 2.24) is 0 Å². The van der Waals surface area contributed by atoms with Crippen LogP contribution in [-0.4, -0.2) is 11.3 Å². The Kier molecular flexibility index (Phi) is 2.91. The van der Waals surface area contributed by atoms with Crippen molar-refractivity contribution in [3.8, 4) is 0 Å². The summed E-state index contributed by atoms with van der Waals surface area (Å²) in [6.07, 6.45) is 6.75. The lowest BCUT2D eigenvalue weighted by Crippen LogP contribution is -2.39. The largest absolute Gasteiger partial charge is 0.469 e. The number of rotatable bonds is 4. The van der Waals surface area contributed by atoms with Crippen molar-refractivity contribution in [3.63, 3.8) is 0 Å². The van der Waals surface area contributed by atoms with Gasteiger partial charge in [0.25, 0.3) is 0 Å². The maximum Gasteiger partial charge on any atom is 0.142 e. The van der Waals surface area contributed by atoms with E-state index in [-0.39, 0.29) is 11.3 Å². The van der Waals surface area contributed by atoms with E-state index in [9.17, 15) is 4.79 Å². The molecule has 1 aromatic rings. The van der Waals surface area contributed by atoms with E-state index in [2.05, 4.69) is 0 Å². The Morgan fingerprint density at radius 1 is 1.47 bits per heavy atom. The highest BCUT2D eigenvalue weighted by atomic mass is 16.3. The normalized spacial score (nSPS) is 19.3. The second-order valence-corrected chi connectivity index (χ2v) is 4.54. The van der Waals surface area contributed by atoms with Crippen molar-refractivity contribution < 1.29 is 9.21 Å². The molecule has 1 saturated carbocycles. The van der Waals surface area contributed by atoms with Gasteiger partial charge in [-0.1, -0.05) is 12.8 Å². The van der Waals surface area contributed by atoms with E-state index in [1.165, 1.54) is 0 Å². The van der Waals surface area contributed by atoms with Gasteiger partial charge in [-0.05, 0) is 25.0 Å². The van der Waals surface area contributed by atoms with Gasteiger partial charge in [-0.25, -0.2) is 0 Å². The summed E-state index contributed by atoms with van der Waals surface area (Å²) in [5.41, 5.74) is 5.91. The first-order valence-electron chi connectivity index (χ1n) is 5.51. The zero-order valence-corrected chi connectivity index (χ0v) is 8.87. The maximum atomic E-state index is 11.7. The van der Waals surface area contributed by atoms with E-state index in [0.717, 1.165) is 31.4 Å². The number of ketones is 1. The third-order valence-corrected chi connectivity index (χ3v) is 3.10. The Balaban J connectivity index is 1.87. The summed E-state index contributed by atoms with van der Waals surface area (Å²) in [7, 11) is 0. The summed E-state index contributed by atoms with van der Waals surface area (Å²) < 4.78 is 5.14. The minimum absolute atomic E-state index is 0.189. The molecule has 0 radical (unpaired) electrons. The fraction of sp³-hybridized carbons (Fsp3) is 0.583. The summed E-state index contributed by atoms with van der Waals surface area (Å²) in [4.78, 5) is 11.7. The second kappa shape index (κ2) is 4.19. The van der Waals surface area contributed by atoms with Gasteiger partial charge in [-0.3, -0.25) is 4.79 Å². The van der Waals surface area contributed by atoms with Crippen molar-refractivity contribution in [2.75, 3.05) is 0 Å². The van der Waals surface area contributed by atoms with Crippen LogP contribution in [-0.2, 0) is 11.2 Å². The molecule has 3 nitrogen and oxygen atoms in total. The lowest BCUT2D eigenvalue weighted by Gasteiger charge is -2.21. The molecular formula is C12H17NO2. The number of nitrogens with two attached hydrogens (primary N) is 1. The number of hydrogen-bond acceptors (Lipinski definition) is 3. The van der Waals surface area contributed by atoms with Crippen molar-refractivity contribution >= 4 is 5.78 Å². The van der Waals surface area contributed by atoms with E-state index < -0.39 is 0 Å². The molecule has 15 heavy (non-hydrogen) atoms. The van der Waals surface area contributed by atoms with E-state index in [4.69, 9.17) is 10.2 Å². The first-order chi connectivity index (χ1) is 7.18. The van der Waals surface area contributed by atoms with Crippen LogP contribution < -0.4 is 5.73 Å². The van der Waals surface area contributed by atoms with Gasteiger partial charge >= 0.3 is 0 Å². The quantitative estimate of drug-likeness (QED) is 0.822. The number of furan rings is 1. The van der Waals surface area contributed by atoms with E-state index >= 15 is 0 Å².